The SMILES string of the molecule is CC(c1ccc(C(C)(C)C)cc1)N1CCC(=O)CC1. The quantitative estimate of drug-likeness (QED) is 0.807. The average molecular weight is 259 g/mol. The van der Waals surface area contributed by atoms with Crippen molar-refractivity contribution < 1.29 is 4.79 Å². The number of rotatable bonds is 2. The molecular formula is C17H25NO. The monoisotopic (exact) mass is 259 g/mol. The third kappa shape index (κ3) is 3.44. The van der Waals surface area contributed by atoms with Crippen molar-refractivity contribution in [3.63, 3.8) is 0 Å². The molecule has 1 aliphatic rings. The van der Waals surface area contributed by atoms with E-state index in [1.807, 2.05) is 0 Å². The van der Waals surface area contributed by atoms with Gasteiger partial charge in [0.1, 0.15) is 5.78 Å². The van der Waals surface area contributed by atoms with Crippen molar-refractivity contribution in [3.8, 4) is 0 Å². The second kappa shape index (κ2) is 5.46. The molecule has 1 atom stereocenters. The lowest BCUT2D eigenvalue weighted by atomic mass is 9.86. The van der Waals surface area contributed by atoms with Crippen LogP contribution in [0.15, 0.2) is 24.3 Å². The number of piperidine rings is 1. The minimum absolute atomic E-state index is 0.208. The summed E-state index contributed by atoms with van der Waals surface area (Å²) in [6.45, 7) is 10.8. The maximum absolute atomic E-state index is 11.3. The van der Waals surface area contributed by atoms with E-state index in [1.165, 1.54) is 11.1 Å². The molecule has 0 saturated carbocycles. The van der Waals surface area contributed by atoms with Crippen LogP contribution in [0.25, 0.3) is 0 Å². The second-order valence-corrected chi connectivity index (χ2v) is 6.62. The van der Waals surface area contributed by atoms with Gasteiger partial charge in [-0.1, -0.05) is 45.0 Å². The van der Waals surface area contributed by atoms with Crippen LogP contribution in [-0.2, 0) is 10.2 Å². The van der Waals surface area contributed by atoms with Gasteiger partial charge in [0, 0.05) is 32.0 Å². The number of hydrogen-bond acceptors (Lipinski definition) is 2. The van der Waals surface area contributed by atoms with Crippen molar-refractivity contribution in [2.45, 2.75) is 52.0 Å². The third-order valence-corrected chi connectivity index (χ3v) is 4.16. The van der Waals surface area contributed by atoms with Crippen LogP contribution in [0.2, 0.25) is 0 Å². The molecule has 19 heavy (non-hydrogen) atoms. The number of hydrogen-bond donors (Lipinski definition) is 0. The fourth-order valence-corrected chi connectivity index (χ4v) is 2.63. The fourth-order valence-electron chi connectivity index (χ4n) is 2.63. The van der Waals surface area contributed by atoms with E-state index in [4.69, 9.17) is 0 Å². The summed E-state index contributed by atoms with van der Waals surface area (Å²) in [5, 5.41) is 0. The van der Waals surface area contributed by atoms with Gasteiger partial charge in [-0.15, -0.1) is 0 Å². The van der Waals surface area contributed by atoms with Gasteiger partial charge < -0.3 is 0 Å². The Bertz CT molecular complexity index is 431. The zero-order valence-electron chi connectivity index (χ0n) is 12.6. The van der Waals surface area contributed by atoms with Crippen molar-refractivity contribution in [3.05, 3.63) is 35.4 Å². The van der Waals surface area contributed by atoms with Gasteiger partial charge in [-0.2, -0.15) is 0 Å². The predicted octanol–water partition coefficient (Wildman–Crippen LogP) is 3.71. The summed E-state index contributed by atoms with van der Waals surface area (Å²) in [7, 11) is 0. The number of carbonyl (C=O) groups excluding carboxylic acids is 1. The number of benzene rings is 1. The first-order chi connectivity index (χ1) is 8.88. The van der Waals surface area contributed by atoms with Crippen LogP contribution < -0.4 is 0 Å². The molecule has 0 bridgehead atoms. The maximum Gasteiger partial charge on any atom is 0.135 e. The molecule has 0 aromatic heterocycles. The van der Waals surface area contributed by atoms with E-state index in [1.54, 1.807) is 0 Å². The normalized spacial score (nSPS) is 19.5. The van der Waals surface area contributed by atoms with Gasteiger partial charge >= 0.3 is 0 Å². The average Bonchev–Trinajstić information content (AvgIpc) is 2.38. The summed E-state index contributed by atoms with van der Waals surface area (Å²) in [4.78, 5) is 13.7. The van der Waals surface area contributed by atoms with Gasteiger partial charge in [0.25, 0.3) is 0 Å². The summed E-state index contributed by atoms with van der Waals surface area (Å²) in [5.74, 6) is 0.409. The molecule has 1 aromatic carbocycles. The Morgan fingerprint density at radius 2 is 1.58 bits per heavy atom. The molecule has 0 radical (unpaired) electrons. The molecule has 1 unspecified atom stereocenters. The first-order valence-electron chi connectivity index (χ1n) is 7.24. The molecule has 0 amide bonds. The van der Waals surface area contributed by atoms with Gasteiger partial charge in [-0.05, 0) is 23.5 Å². The Morgan fingerprint density at radius 3 is 2.05 bits per heavy atom. The van der Waals surface area contributed by atoms with E-state index in [9.17, 15) is 4.79 Å². The van der Waals surface area contributed by atoms with Crippen molar-refractivity contribution in [1.82, 2.24) is 4.90 Å². The van der Waals surface area contributed by atoms with Crippen LogP contribution in [0.1, 0.15) is 57.7 Å². The van der Waals surface area contributed by atoms with E-state index in [2.05, 4.69) is 56.9 Å². The molecule has 1 heterocycles. The lowest BCUT2D eigenvalue weighted by Crippen LogP contribution is -2.35. The van der Waals surface area contributed by atoms with E-state index < -0.39 is 0 Å². The van der Waals surface area contributed by atoms with Gasteiger partial charge in [-0.3, -0.25) is 9.69 Å². The minimum atomic E-state index is 0.208. The highest BCUT2D eigenvalue weighted by Gasteiger charge is 2.22. The fraction of sp³-hybridized carbons (Fsp3) is 0.588. The highest BCUT2D eigenvalue weighted by molar-refractivity contribution is 5.79. The number of ketones is 1. The molecule has 0 N–H and O–H groups in total. The first-order valence-corrected chi connectivity index (χ1v) is 7.24. The van der Waals surface area contributed by atoms with Crippen LogP contribution >= 0.6 is 0 Å². The van der Waals surface area contributed by atoms with E-state index >= 15 is 0 Å². The van der Waals surface area contributed by atoms with Crippen LogP contribution in [-0.4, -0.2) is 23.8 Å². The lowest BCUT2D eigenvalue weighted by Gasteiger charge is -2.32. The molecule has 2 heteroatoms. The molecule has 104 valence electrons. The number of nitrogens with zero attached hydrogens (tertiary/aromatic N) is 1. The van der Waals surface area contributed by atoms with Gasteiger partial charge in [0.05, 0.1) is 0 Å². The molecule has 1 aliphatic heterocycles. The summed E-state index contributed by atoms with van der Waals surface area (Å²) in [6, 6.07) is 9.35. The van der Waals surface area contributed by atoms with Gasteiger partial charge in [0.2, 0.25) is 0 Å². The van der Waals surface area contributed by atoms with Crippen LogP contribution in [0.3, 0.4) is 0 Å². The molecule has 2 nitrogen and oxygen atoms in total. The largest absolute Gasteiger partial charge is 0.300 e. The molecule has 1 aromatic rings. The Labute approximate surface area is 116 Å². The summed E-state index contributed by atoms with van der Waals surface area (Å²) in [6.07, 6.45) is 1.43. The number of carbonyl (C=O) groups is 1. The summed E-state index contributed by atoms with van der Waals surface area (Å²) in [5.41, 5.74) is 2.93. The maximum atomic E-state index is 11.3. The van der Waals surface area contributed by atoms with E-state index in [0.717, 1.165) is 13.1 Å². The van der Waals surface area contributed by atoms with Crippen LogP contribution in [0.4, 0.5) is 0 Å². The third-order valence-electron chi connectivity index (χ3n) is 4.16. The molecule has 2 rings (SSSR count). The van der Waals surface area contributed by atoms with Crippen LogP contribution in [0, 0.1) is 0 Å². The molecule has 1 fully saturated rings. The van der Waals surface area contributed by atoms with Crippen LogP contribution in [0.5, 0.6) is 0 Å². The lowest BCUT2D eigenvalue weighted by molar-refractivity contribution is -0.121. The first kappa shape index (κ1) is 14.3. The molecule has 0 aliphatic carbocycles. The number of Topliss-reactive ketones (excluding diaryl/α,β-unsaturated/α-hetero) is 1. The van der Waals surface area contributed by atoms with Crippen molar-refractivity contribution in [1.29, 1.82) is 0 Å². The molecular weight excluding hydrogens is 234 g/mol. The number of likely N-dealkylation sites (tertiary alicyclic amines) is 1. The zero-order valence-corrected chi connectivity index (χ0v) is 12.6. The van der Waals surface area contributed by atoms with Gasteiger partial charge in [0.15, 0.2) is 0 Å². The zero-order chi connectivity index (χ0) is 14.0. The molecule has 1 saturated heterocycles. The van der Waals surface area contributed by atoms with Gasteiger partial charge in [-0.25, -0.2) is 0 Å². The Kier molecular flexibility index (Phi) is 4.10. The van der Waals surface area contributed by atoms with Crippen molar-refractivity contribution in [2.75, 3.05) is 13.1 Å². The Morgan fingerprint density at radius 1 is 1.05 bits per heavy atom. The summed E-state index contributed by atoms with van der Waals surface area (Å²) >= 11 is 0. The van der Waals surface area contributed by atoms with E-state index in [0.29, 0.717) is 24.7 Å². The molecule has 0 spiro atoms. The highest BCUT2D eigenvalue weighted by atomic mass is 16.1. The predicted molar refractivity (Wildman–Crippen MR) is 79.4 cm³/mol. The van der Waals surface area contributed by atoms with E-state index in [-0.39, 0.29) is 5.41 Å². The second-order valence-electron chi connectivity index (χ2n) is 6.62. The smallest absolute Gasteiger partial charge is 0.135 e. The summed E-state index contributed by atoms with van der Waals surface area (Å²) < 4.78 is 0. The topological polar surface area (TPSA) is 20.3 Å². The van der Waals surface area contributed by atoms with Crippen molar-refractivity contribution in [2.24, 2.45) is 0 Å². The Hall–Kier alpha value is -1.15. The standard InChI is InChI=1S/C17H25NO/c1-13(18-11-9-16(19)10-12-18)14-5-7-15(8-6-14)17(2,3)4/h5-8,13H,9-12H2,1-4H3. The minimum Gasteiger partial charge on any atom is -0.300 e. The van der Waals surface area contributed by atoms with Crippen molar-refractivity contribution >= 4 is 5.78 Å². The Balaban J connectivity index is 2.07. The highest BCUT2D eigenvalue weighted by Crippen LogP contribution is 2.27.